The van der Waals surface area contributed by atoms with Crippen molar-refractivity contribution in [2.75, 3.05) is 5.32 Å². The Hall–Kier alpha value is -3.22. The SMILES string of the molecule is CCc1noc([C@H](C)Nc2cc(-c3ccccc3)nc3c(C)c(C)nn23)n1. The first-order valence-corrected chi connectivity index (χ1v) is 9.08. The topological polar surface area (TPSA) is 81.1 Å². The Labute approximate surface area is 157 Å². The molecule has 138 valence electrons. The molecule has 1 N–H and O–H groups in total. The lowest BCUT2D eigenvalue weighted by molar-refractivity contribution is 0.363. The van der Waals surface area contributed by atoms with Crippen molar-refractivity contribution in [3.05, 3.63) is 59.4 Å². The summed E-state index contributed by atoms with van der Waals surface area (Å²) in [5, 5.41) is 12.1. The standard InChI is InChI=1S/C20H22N6O/c1-5-17-23-20(27-25-17)14(4)21-18-11-16(15-9-7-6-8-10-15)22-19-12(2)13(3)24-26(18)19/h6-11,14,21H,5H2,1-4H3/t14-/m0/s1. The van der Waals surface area contributed by atoms with Crippen molar-refractivity contribution in [3.8, 4) is 11.3 Å². The second-order valence-electron chi connectivity index (χ2n) is 6.61. The Bertz CT molecular complexity index is 1080. The predicted molar refractivity (Wildman–Crippen MR) is 104 cm³/mol. The molecule has 27 heavy (non-hydrogen) atoms. The largest absolute Gasteiger partial charge is 0.358 e. The van der Waals surface area contributed by atoms with Crippen molar-refractivity contribution in [1.29, 1.82) is 0 Å². The molecule has 0 aliphatic rings. The number of hydrogen-bond donors (Lipinski definition) is 1. The van der Waals surface area contributed by atoms with E-state index in [2.05, 4.69) is 32.7 Å². The van der Waals surface area contributed by atoms with Crippen LogP contribution in [0, 0.1) is 13.8 Å². The average molecular weight is 362 g/mol. The lowest BCUT2D eigenvalue weighted by Crippen LogP contribution is -2.12. The number of hydrogen-bond acceptors (Lipinski definition) is 6. The highest BCUT2D eigenvalue weighted by atomic mass is 16.5. The molecule has 7 heteroatoms. The molecule has 0 saturated heterocycles. The number of aromatic nitrogens is 5. The first-order valence-electron chi connectivity index (χ1n) is 9.08. The molecule has 0 bridgehead atoms. The fourth-order valence-corrected chi connectivity index (χ4v) is 2.96. The second kappa shape index (κ2) is 6.83. The monoisotopic (exact) mass is 362 g/mol. The van der Waals surface area contributed by atoms with Gasteiger partial charge in [-0.1, -0.05) is 42.4 Å². The van der Waals surface area contributed by atoms with Crippen molar-refractivity contribution >= 4 is 11.5 Å². The van der Waals surface area contributed by atoms with E-state index in [0.717, 1.165) is 40.4 Å². The summed E-state index contributed by atoms with van der Waals surface area (Å²) in [7, 11) is 0. The molecule has 0 aliphatic heterocycles. The zero-order valence-electron chi connectivity index (χ0n) is 15.9. The zero-order chi connectivity index (χ0) is 19.0. The molecule has 1 atom stereocenters. The first-order chi connectivity index (χ1) is 13.1. The Morgan fingerprint density at radius 1 is 1.15 bits per heavy atom. The smallest absolute Gasteiger partial charge is 0.248 e. The fraction of sp³-hybridized carbons (Fsp3) is 0.300. The van der Waals surface area contributed by atoms with Crippen LogP contribution in [0.2, 0.25) is 0 Å². The molecule has 0 saturated carbocycles. The van der Waals surface area contributed by atoms with Gasteiger partial charge in [0.2, 0.25) is 5.89 Å². The molecule has 0 aliphatic carbocycles. The number of benzene rings is 1. The van der Waals surface area contributed by atoms with Gasteiger partial charge in [-0.05, 0) is 20.8 Å². The van der Waals surface area contributed by atoms with Crippen LogP contribution in [0.5, 0.6) is 0 Å². The third kappa shape index (κ3) is 3.16. The number of rotatable bonds is 5. The zero-order valence-corrected chi connectivity index (χ0v) is 15.9. The third-order valence-corrected chi connectivity index (χ3v) is 4.66. The summed E-state index contributed by atoms with van der Waals surface area (Å²) in [5.74, 6) is 2.09. The van der Waals surface area contributed by atoms with Crippen molar-refractivity contribution in [2.24, 2.45) is 0 Å². The van der Waals surface area contributed by atoms with E-state index in [-0.39, 0.29) is 6.04 Å². The summed E-state index contributed by atoms with van der Waals surface area (Å²) in [6.07, 6.45) is 0.741. The van der Waals surface area contributed by atoms with E-state index in [9.17, 15) is 0 Å². The van der Waals surface area contributed by atoms with Crippen molar-refractivity contribution in [1.82, 2.24) is 24.7 Å². The van der Waals surface area contributed by atoms with E-state index >= 15 is 0 Å². The van der Waals surface area contributed by atoms with Crippen LogP contribution in [0.3, 0.4) is 0 Å². The minimum Gasteiger partial charge on any atom is -0.358 e. The maximum absolute atomic E-state index is 5.38. The molecule has 4 rings (SSSR count). The summed E-state index contributed by atoms with van der Waals surface area (Å²) in [5.41, 5.74) is 4.80. The van der Waals surface area contributed by atoms with Crippen molar-refractivity contribution < 1.29 is 4.52 Å². The maximum atomic E-state index is 5.38. The van der Waals surface area contributed by atoms with Crippen LogP contribution in [0.4, 0.5) is 5.82 Å². The fourth-order valence-electron chi connectivity index (χ4n) is 2.96. The molecule has 0 radical (unpaired) electrons. The van der Waals surface area contributed by atoms with Gasteiger partial charge >= 0.3 is 0 Å². The molecular formula is C20H22N6O. The van der Waals surface area contributed by atoms with Gasteiger partial charge in [-0.2, -0.15) is 14.6 Å². The number of aryl methyl sites for hydroxylation is 3. The van der Waals surface area contributed by atoms with Crippen LogP contribution in [-0.2, 0) is 6.42 Å². The molecular weight excluding hydrogens is 340 g/mol. The minimum absolute atomic E-state index is 0.156. The third-order valence-electron chi connectivity index (χ3n) is 4.66. The second-order valence-corrected chi connectivity index (χ2v) is 6.61. The number of nitrogens with zero attached hydrogens (tertiary/aromatic N) is 5. The van der Waals surface area contributed by atoms with Gasteiger partial charge < -0.3 is 9.84 Å². The van der Waals surface area contributed by atoms with Gasteiger partial charge in [0.1, 0.15) is 11.9 Å². The molecule has 0 spiro atoms. The van der Waals surface area contributed by atoms with Gasteiger partial charge in [-0.15, -0.1) is 0 Å². The highest BCUT2D eigenvalue weighted by Crippen LogP contribution is 2.27. The summed E-state index contributed by atoms with van der Waals surface area (Å²) >= 11 is 0. The van der Waals surface area contributed by atoms with E-state index in [1.807, 2.05) is 56.5 Å². The van der Waals surface area contributed by atoms with Crippen LogP contribution in [-0.4, -0.2) is 24.7 Å². The van der Waals surface area contributed by atoms with Gasteiger partial charge in [0.05, 0.1) is 11.4 Å². The number of fused-ring (bicyclic) bond motifs is 1. The van der Waals surface area contributed by atoms with Crippen molar-refractivity contribution in [2.45, 2.75) is 40.2 Å². The van der Waals surface area contributed by atoms with E-state index < -0.39 is 0 Å². The Balaban J connectivity index is 1.79. The van der Waals surface area contributed by atoms with Gasteiger partial charge in [0, 0.05) is 23.6 Å². The van der Waals surface area contributed by atoms with E-state index in [4.69, 9.17) is 9.51 Å². The molecule has 7 nitrogen and oxygen atoms in total. The van der Waals surface area contributed by atoms with Crippen LogP contribution >= 0.6 is 0 Å². The average Bonchev–Trinajstić information content (AvgIpc) is 3.28. The van der Waals surface area contributed by atoms with Gasteiger partial charge in [0.25, 0.3) is 0 Å². The molecule has 0 fully saturated rings. The molecule has 1 aromatic carbocycles. The highest BCUT2D eigenvalue weighted by Gasteiger charge is 2.18. The summed E-state index contributed by atoms with van der Waals surface area (Å²) in [6.45, 7) is 8.02. The summed E-state index contributed by atoms with van der Waals surface area (Å²) < 4.78 is 7.21. The van der Waals surface area contributed by atoms with Gasteiger partial charge in [-0.25, -0.2) is 4.98 Å². The van der Waals surface area contributed by atoms with Gasteiger partial charge in [-0.3, -0.25) is 0 Å². The van der Waals surface area contributed by atoms with Crippen LogP contribution in [0.1, 0.15) is 42.9 Å². The molecule has 3 aromatic heterocycles. The summed E-state index contributed by atoms with van der Waals surface area (Å²) in [6, 6.07) is 12.0. The lowest BCUT2D eigenvalue weighted by Gasteiger charge is -2.14. The summed E-state index contributed by atoms with van der Waals surface area (Å²) in [4.78, 5) is 9.26. The van der Waals surface area contributed by atoms with Crippen LogP contribution < -0.4 is 5.32 Å². The Morgan fingerprint density at radius 2 is 1.93 bits per heavy atom. The van der Waals surface area contributed by atoms with Gasteiger partial charge in [0.15, 0.2) is 11.5 Å². The van der Waals surface area contributed by atoms with Crippen LogP contribution in [0.15, 0.2) is 40.9 Å². The normalized spacial score (nSPS) is 12.4. The Morgan fingerprint density at radius 3 is 2.63 bits per heavy atom. The lowest BCUT2D eigenvalue weighted by atomic mass is 10.1. The first kappa shape index (κ1) is 17.2. The van der Waals surface area contributed by atoms with E-state index in [1.165, 1.54) is 0 Å². The number of anilines is 1. The predicted octanol–water partition coefficient (Wildman–Crippen LogP) is 4.13. The molecule has 0 amide bonds. The Kier molecular flexibility index (Phi) is 4.35. The molecule has 3 heterocycles. The quantitative estimate of drug-likeness (QED) is 0.575. The highest BCUT2D eigenvalue weighted by molar-refractivity contribution is 5.68. The minimum atomic E-state index is -0.156. The molecule has 0 unspecified atom stereocenters. The molecule has 4 aromatic rings. The number of nitrogens with one attached hydrogen (secondary N) is 1. The van der Waals surface area contributed by atoms with Crippen molar-refractivity contribution in [3.63, 3.8) is 0 Å². The van der Waals surface area contributed by atoms with E-state index in [1.54, 1.807) is 0 Å². The van der Waals surface area contributed by atoms with Crippen LogP contribution in [0.25, 0.3) is 16.9 Å². The van der Waals surface area contributed by atoms with E-state index in [0.29, 0.717) is 11.7 Å². The maximum Gasteiger partial charge on any atom is 0.248 e.